The highest BCUT2D eigenvalue weighted by atomic mass is 19.1. The molecule has 0 radical (unpaired) electrons. The summed E-state index contributed by atoms with van der Waals surface area (Å²) >= 11 is 0. The molecule has 1 aliphatic heterocycles. The third-order valence-corrected chi connectivity index (χ3v) is 8.03. The van der Waals surface area contributed by atoms with Gasteiger partial charge < -0.3 is 10.0 Å². The number of fused-ring (bicyclic) bond motifs is 1. The van der Waals surface area contributed by atoms with Crippen molar-refractivity contribution >= 4 is 17.7 Å². The van der Waals surface area contributed by atoms with Crippen LogP contribution in [0, 0.1) is 11.6 Å². The lowest BCUT2D eigenvalue weighted by Crippen LogP contribution is -2.43. The van der Waals surface area contributed by atoms with Crippen molar-refractivity contribution in [3.05, 3.63) is 113 Å². The third kappa shape index (κ3) is 4.92. The van der Waals surface area contributed by atoms with E-state index in [2.05, 4.69) is 47.3 Å². The number of anilines is 1. The fourth-order valence-corrected chi connectivity index (χ4v) is 5.90. The Morgan fingerprint density at radius 1 is 1.05 bits per heavy atom. The topological polar surface area (TPSA) is 58.4 Å². The molecule has 2 heterocycles. The summed E-state index contributed by atoms with van der Waals surface area (Å²) in [5, 5.41) is 13.4. The van der Waals surface area contributed by atoms with E-state index >= 15 is 8.78 Å². The Labute approximate surface area is 232 Å². The maximum Gasteiger partial charge on any atom is 0.328 e. The van der Waals surface area contributed by atoms with Gasteiger partial charge in [-0.1, -0.05) is 30.3 Å². The molecular formula is C33H31F2N3O2. The number of nitrogens with zero attached hydrogens (tertiary/aromatic N) is 3. The molecule has 0 saturated heterocycles. The zero-order valence-corrected chi connectivity index (χ0v) is 22.5. The first-order valence-corrected chi connectivity index (χ1v) is 13.8. The first-order valence-electron chi connectivity index (χ1n) is 13.8. The van der Waals surface area contributed by atoms with E-state index in [4.69, 9.17) is 5.11 Å². The number of aryl methyl sites for hydroxylation is 1. The molecule has 1 fully saturated rings. The molecule has 40 heavy (non-hydrogen) atoms. The first-order chi connectivity index (χ1) is 19.3. The molecule has 4 aromatic rings. The largest absolute Gasteiger partial charge is 0.478 e. The van der Waals surface area contributed by atoms with Crippen molar-refractivity contribution in [3.8, 4) is 11.1 Å². The van der Waals surface area contributed by atoms with Crippen molar-refractivity contribution in [1.82, 2.24) is 9.78 Å². The molecule has 7 heteroatoms. The molecule has 2 atom stereocenters. The Morgan fingerprint density at radius 3 is 2.40 bits per heavy atom. The summed E-state index contributed by atoms with van der Waals surface area (Å²) in [4.78, 5) is 13.1. The van der Waals surface area contributed by atoms with Crippen LogP contribution in [0.5, 0.6) is 0 Å². The van der Waals surface area contributed by atoms with Crippen LogP contribution in [0.15, 0.2) is 73.1 Å². The highest BCUT2D eigenvalue weighted by Crippen LogP contribution is 2.45. The fourth-order valence-electron chi connectivity index (χ4n) is 5.90. The minimum atomic E-state index is -1.18. The standard InChI is InChI=1S/C33H31F2N3O2/c1-3-37-19-26(18-36-37)24-9-12-28-25(17-24)14-20(2)38(27-10-7-23(8-11-27)22-5-6-22)33(28)32-29(34)15-21(16-30(32)35)4-13-31(39)40/h4,7-13,15-20,22,33H,3,5-6,14H2,1-2H3,(H,39,40)/b13-4+/t20?,33-/m1/s1. The quantitative estimate of drug-likeness (QED) is 0.249. The Balaban J connectivity index is 1.48. The summed E-state index contributed by atoms with van der Waals surface area (Å²) in [6.45, 7) is 4.90. The highest BCUT2D eigenvalue weighted by molar-refractivity contribution is 5.85. The van der Waals surface area contributed by atoms with Crippen LogP contribution in [0.4, 0.5) is 14.5 Å². The Hall–Kier alpha value is -4.26. The van der Waals surface area contributed by atoms with E-state index in [1.807, 2.05) is 36.1 Å². The molecular weight excluding hydrogens is 508 g/mol. The van der Waals surface area contributed by atoms with Gasteiger partial charge in [0.2, 0.25) is 0 Å². The Morgan fingerprint density at radius 2 is 1.77 bits per heavy atom. The average Bonchev–Trinajstić information content (AvgIpc) is 3.67. The number of carbonyl (C=O) groups is 1. The lowest BCUT2D eigenvalue weighted by Gasteiger charge is -2.44. The summed E-state index contributed by atoms with van der Waals surface area (Å²) in [5.74, 6) is -1.98. The van der Waals surface area contributed by atoms with E-state index in [-0.39, 0.29) is 17.2 Å². The zero-order valence-electron chi connectivity index (χ0n) is 22.5. The number of carboxylic acids is 1. The number of benzene rings is 3. The smallest absolute Gasteiger partial charge is 0.328 e. The van der Waals surface area contributed by atoms with E-state index in [1.54, 1.807) is 0 Å². The van der Waals surface area contributed by atoms with Crippen LogP contribution in [0.1, 0.15) is 66.5 Å². The molecule has 0 bridgehead atoms. The van der Waals surface area contributed by atoms with E-state index in [9.17, 15) is 4.79 Å². The first kappa shape index (κ1) is 26.0. The van der Waals surface area contributed by atoms with Gasteiger partial charge >= 0.3 is 5.97 Å². The van der Waals surface area contributed by atoms with Gasteiger partial charge in [-0.2, -0.15) is 5.10 Å². The lowest BCUT2D eigenvalue weighted by atomic mass is 9.82. The summed E-state index contributed by atoms with van der Waals surface area (Å²) in [7, 11) is 0. The minimum Gasteiger partial charge on any atom is -0.478 e. The molecule has 1 unspecified atom stereocenters. The summed E-state index contributed by atoms with van der Waals surface area (Å²) in [6.07, 6.45) is 9.04. The predicted octanol–water partition coefficient (Wildman–Crippen LogP) is 7.36. The molecule has 5 nitrogen and oxygen atoms in total. The van der Waals surface area contributed by atoms with Crippen LogP contribution in [-0.2, 0) is 17.8 Å². The Kier molecular flexibility index (Phi) is 6.74. The van der Waals surface area contributed by atoms with Crippen molar-refractivity contribution in [2.45, 2.75) is 57.7 Å². The van der Waals surface area contributed by atoms with Crippen LogP contribution in [0.25, 0.3) is 17.2 Å². The third-order valence-electron chi connectivity index (χ3n) is 8.03. The minimum absolute atomic E-state index is 0.0386. The second-order valence-electron chi connectivity index (χ2n) is 10.8. The second kappa shape index (κ2) is 10.4. The van der Waals surface area contributed by atoms with Crippen molar-refractivity contribution in [3.63, 3.8) is 0 Å². The number of aromatic nitrogens is 2. The van der Waals surface area contributed by atoms with Gasteiger partial charge in [0.1, 0.15) is 11.6 Å². The molecule has 204 valence electrons. The summed E-state index contributed by atoms with van der Waals surface area (Å²) < 4.78 is 33.5. The van der Waals surface area contributed by atoms with Gasteiger partial charge in [0.15, 0.2) is 0 Å². The molecule has 2 aliphatic rings. The second-order valence-corrected chi connectivity index (χ2v) is 10.8. The van der Waals surface area contributed by atoms with Gasteiger partial charge in [-0.05, 0) is 97.2 Å². The predicted molar refractivity (Wildman–Crippen MR) is 152 cm³/mol. The molecule has 3 aromatic carbocycles. The van der Waals surface area contributed by atoms with Gasteiger partial charge in [0.05, 0.1) is 17.8 Å². The lowest BCUT2D eigenvalue weighted by molar-refractivity contribution is -0.131. The van der Waals surface area contributed by atoms with Crippen LogP contribution >= 0.6 is 0 Å². The maximum atomic E-state index is 15.8. The highest BCUT2D eigenvalue weighted by Gasteiger charge is 2.37. The maximum absolute atomic E-state index is 15.8. The zero-order chi connectivity index (χ0) is 28.0. The Bertz CT molecular complexity index is 1580. The SMILES string of the molecule is CCn1cc(-c2ccc3c(c2)CC(C)N(c2ccc(C4CC4)cc2)[C@H]3c2c(F)cc(/C=C/C(=O)O)cc2F)cn1. The van der Waals surface area contributed by atoms with Crippen LogP contribution in [0.3, 0.4) is 0 Å². The van der Waals surface area contributed by atoms with Crippen LogP contribution < -0.4 is 4.90 Å². The number of carboxylic acid groups (broad SMARTS) is 1. The number of hydrogen-bond donors (Lipinski definition) is 1. The summed E-state index contributed by atoms with van der Waals surface area (Å²) in [6, 6.07) is 16.2. The molecule has 6 rings (SSSR count). The van der Waals surface area contributed by atoms with Crippen molar-refractivity contribution < 1.29 is 18.7 Å². The fraction of sp³-hybridized carbons (Fsp3) is 0.273. The van der Waals surface area contributed by atoms with Crippen LogP contribution in [0.2, 0.25) is 0 Å². The molecule has 0 spiro atoms. The van der Waals surface area contributed by atoms with Crippen molar-refractivity contribution in [1.29, 1.82) is 0 Å². The molecule has 1 N–H and O–H groups in total. The van der Waals surface area contributed by atoms with Gasteiger partial charge in [-0.3, -0.25) is 4.68 Å². The normalized spacial score (nSPS) is 18.8. The molecule has 1 aliphatic carbocycles. The van der Waals surface area contributed by atoms with E-state index in [0.717, 1.165) is 40.6 Å². The molecule has 1 saturated carbocycles. The van der Waals surface area contributed by atoms with Gasteiger partial charge in [0.25, 0.3) is 0 Å². The van der Waals surface area contributed by atoms with Gasteiger partial charge in [-0.25, -0.2) is 13.6 Å². The molecule has 1 aromatic heterocycles. The molecule has 0 amide bonds. The van der Waals surface area contributed by atoms with E-state index in [0.29, 0.717) is 12.3 Å². The average molecular weight is 540 g/mol. The monoisotopic (exact) mass is 539 g/mol. The number of rotatable bonds is 7. The number of aliphatic carboxylic acids is 1. The van der Waals surface area contributed by atoms with E-state index in [1.165, 1.54) is 36.6 Å². The van der Waals surface area contributed by atoms with Gasteiger partial charge in [-0.15, -0.1) is 0 Å². The van der Waals surface area contributed by atoms with E-state index < -0.39 is 23.6 Å². The van der Waals surface area contributed by atoms with Gasteiger partial charge in [0, 0.05) is 36.1 Å². The summed E-state index contributed by atoms with van der Waals surface area (Å²) in [5.41, 5.74) is 6.23. The number of hydrogen-bond acceptors (Lipinski definition) is 3. The van der Waals surface area contributed by atoms with Crippen molar-refractivity contribution in [2.75, 3.05) is 4.90 Å². The number of halogens is 2. The van der Waals surface area contributed by atoms with Crippen LogP contribution in [-0.4, -0.2) is 26.9 Å². The van der Waals surface area contributed by atoms with Crippen molar-refractivity contribution in [2.24, 2.45) is 0 Å².